The Balaban J connectivity index is 0.000000461. The Labute approximate surface area is 68.1 Å². The quantitative estimate of drug-likeness (QED) is 0.388. The Morgan fingerprint density at radius 2 is 2.18 bits per heavy atom. The number of carbonyl (C=O) groups is 1. The summed E-state index contributed by atoms with van der Waals surface area (Å²) in [5.41, 5.74) is 0. The van der Waals surface area contributed by atoms with Gasteiger partial charge in [0.05, 0.1) is 0 Å². The van der Waals surface area contributed by atoms with Crippen LogP contribution in [0.5, 0.6) is 0 Å². The molecule has 1 N–H and O–H groups in total. The van der Waals surface area contributed by atoms with Gasteiger partial charge in [0, 0.05) is 20.0 Å². The molecule has 1 rings (SSSR count). The molecule has 1 aliphatic rings. The van der Waals surface area contributed by atoms with Crippen LogP contribution in [0.4, 0.5) is 0 Å². The van der Waals surface area contributed by atoms with E-state index in [1.54, 1.807) is 6.92 Å². The molecular weight excluding hydrogens is 141 g/mol. The van der Waals surface area contributed by atoms with Crippen LogP contribution in [-0.2, 0) is 4.79 Å². The molecule has 0 aromatic heterocycles. The van der Waals surface area contributed by atoms with E-state index in [0.717, 1.165) is 19.5 Å². The van der Waals surface area contributed by atoms with E-state index in [4.69, 9.17) is 5.02 Å². The lowest BCUT2D eigenvalue weighted by molar-refractivity contribution is -0.128. The number of nitrogens with zero attached hydrogens (tertiary/aromatic N) is 1. The number of hydrogen-bond acceptors (Lipinski definition) is 2. The van der Waals surface area contributed by atoms with E-state index in [1.807, 2.05) is 11.0 Å². The maximum Gasteiger partial charge on any atom is 0.277 e. The summed E-state index contributed by atoms with van der Waals surface area (Å²) >= 11 is 0. The van der Waals surface area contributed by atoms with Crippen LogP contribution in [0.25, 0.3) is 0 Å². The molecule has 3 nitrogen and oxygen atoms in total. The molecule has 1 aliphatic heterocycles. The molecule has 2 radical (unpaired) electrons. The van der Waals surface area contributed by atoms with Gasteiger partial charge in [-0.2, -0.15) is 0 Å². The Morgan fingerprint density at radius 3 is 2.45 bits per heavy atom. The van der Waals surface area contributed by atoms with Crippen molar-refractivity contribution < 1.29 is 9.82 Å². The first-order valence-electron chi connectivity index (χ1n) is 3.47. The van der Waals surface area contributed by atoms with Crippen LogP contribution in [0.15, 0.2) is 12.2 Å². The van der Waals surface area contributed by atoms with Crippen LogP contribution in [0.3, 0.4) is 0 Å². The number of rotatable bonds is 0. The highest BCUT2D eigenvalue weighted by Crippen LogP contribution is 1.99. The first-order valence-corrected chi connectivity index (χ1v) is 3.47. The highest BCUT2D eigenvalue weighted by Gasteiger charge is 2.06. The second kappa shape index (κ2) is 5.98. The van der Waals surface area contributed by atoms with Crippen molar-refractivity contribution in [3.05, 3.63) is 12.2 Å². The molecule has 60 valence electrons. The van der Waals surface area contributed by atoms with Crippen molar-refractivity contribution in [2.45, 2.75) is 13.3 Å². The van der Waals surface area contributed by atoms with E-state index in [1.165, 1.54) is 0 Å². The highest BCUT2D eigenvalue weighted by atomic mass is 16.2. The van der Waals surface area contributed by atoms with Gasteiger partial charge in [0.15, 0.2) is 0 Å². The lowest BCUT2D eigenvalue weighted by Gasteiger charge is -2.20. The first-order chi connectivity index (χ1) is 5.30. The maximum absolute atomic E-state index is 10.7. The zero-order chi connectivity index (χ0) is 8.69. The SMILES string of the molecule is CC(=O)N1CC=CCC1.[B]O. The normalized spacial score (nSPS) is 15.3. The van der Waals surface area contributed by atoms with Crippen molar-refractivity contribution in [1.29, 1.82) is 0 Å². The Hall–Kier alpha value is -0.765. The summed E-state index contributed by atoms with van der Waals surface area (Å²) in [5.74, 6) is 0.180. The largest absolute Gasteiger partial charge is 0.461 e. The zero-order valence-electron chi connectivity index (χ0n) is 6.66. The molecule has 0 aromatic rings. The van der Waals surface area contributed by atoms with Crippen LogP contribution in [0.2, 0.25) is 0 Å². The lowest BCUT2D eigenvalue weighted by atomic mass is 10.2. The summed E-state index contributed by atoms with van der Waals surface area (Å²) in [6.07, 6.45) is 5.16. The molecule has 0 aliphatic carbocycles. The molecule has 0 saturated heterocycles. The molecule has 0 saturated carbocycles. The Morgan fingerprint density at radius 1 is 1.55 bits per heavy atom. The number of carbonyl (C=O) groups excluding carboxylic acids is 1. The van der Waals surface area contributed by atoms with Crippen LogP contribution >= 0.6 is 0 Å². The minimum atomic E-state index is 0.180. The van der Waals surface area contributed by atoms with Gasteiger partial charge < -0.3 is 9.92 Å². The summed E-state index contributed by atoms with van der Waals surface area (Å²) < 4.78 is 0. The summed E-state index contributed by atoms with van der Waals surface area (Å²) in [5, 5.41) is 6.50. The molecular formula is C7H12BNO2. The van der Waals surface area contributed by atoms with Gasteiger partial charge >= 0.3 is 0 Å². The van der Waals surface area contributed by atoms with E-state index >= 15 is 0 Å². The van der Waals surface area contributed by atoms with Crippen molar-refractivity contribution >= 4 is 14.0 Å². The minimum Gasteiger partial charge on any atom is -0.461 e. The molecule has 0 aromatic carbocycles. The van der Waals surface area contributed by atoms with Crippen molar-refractivity contribution in [1.82, 2.24) is 4.90 Å². The fraction of sp³-hybridized carbons (Fsp3) is 0.571. The second-order valence-electron chi connectivity index (χ2n) is 2.23. The van der Waals surface area contributed by atoms with Gasteiger partial charge in [-0.25, -0.2) is 0 Å². The smallest absolute Gasteiger partial charge is 0.277 e. The van der Waals surface area contributed by atoms with Gasteiger partial charge in [-0.1, -0.05) is 12.2 Å². The number of hydrogen-bond donors (Lipinski definition) is 1. The van der Waals surface area contributed by atoms with Crippen LogP contribution in [0, 0.1) is 0 Å². The fourth-order valence-corrected chi connectivity index (χ4v) is 0.927. The molecule has 0 spiro atoms. The van der Waals surface area contributed by atoms with E-state index in [2.05, 4.69) is 14.1 Å². The van der Waals surface area contributed by atoms with Crippen molar-refractivity contribution in [3.63, 3.8) is 0 Å². The van der Waals surface area contributed by atoms with Crippen molar-refractivity contribution in [2.75, 3.05) is 13.1 Å². The molecule has 0 fully saturated rings. The van der Waals surface area contributed by atoms with Gasteiger partial charge in [0.25, 0.3) is 8.05 Å². The van der Waals surface area contributed by atoms with Crippen LogP contribution in [-0.4, -0.2) is 37.0 Å². The average molecular weight is 153 g/mol. The van der Waals surface area contributed by atoms with Gasteiger partial charge in [0.1, 0.15) is 0 Å². The Kier molecular flexibility index (Phi) is 5.56. The van der Waals surface area contributed by atoms with E-state index in [0.29, 0.717) is 0 Å². The second-order valence-corrected chi connectivity index (χ2v) is 2.23. The molecule has 1 amide bonds. The van der Waals surface area contributed by atoms with E-state index in [9.17, 15) is 4.79 Å². The van der Waals surface area contributed by atoms with Gasteiger partial charge in [-0.15, -0.1) is 0 Å². The van der Waals surface area contributed by atoms with Crippen molar-refractivity contribution in [3.8, 4) is 0 Å². The van der Waals surface area contributed by atoms with Crippen LogP contribution in [0.1, 0.15) is 13.3 Å². The molecule has 1 heterocycles. The molecule has 0 atom stereocenters. The molecule has 4 heteroatoms. The summed E-state index contributed by atoms with van der Waals surface area (Å²) in [6, 6.07) is 0. The predicted molar refractivity (Wildman–Crippen MR) is 44.0 cm³/mol. The van der Waals surface area contributed by atoms with Gasteiger partial charge in [-0.05, 0) is 6.42 Å². The lowest BCUT2D eigenvalue weighted by Crippen LogP contribution is -2.31. The van der Waals surface area contributed by atoms with Crippen molar-refractivity contribution in [2.24, 2.45) is 0 Å². The topological polar surface area (TPSA) is 40.5 Å². The standard InChI is InChI=1S/C7H11NO.BHO/c1-7(9)8-5-3-2-4-6-8;1-2/h2-3H,4-6H2,1H3;2H. The average Bonchev–Trinajstić information content (AvgIpc) is 2.10. The van der Waals surface area contributed by atoms with Crippen LogP contribution < -0.4 is 0 Å². The van der Waals surface area contributed by atoms with Gasteiger partial charge in [-0.3, -0.25) is 4.79 Å². The molecule has 11 heavy (non-hydrogen) atoms. The maximum atomic E-state index is 10.7. The highest BCUT2D eigenvalue weighted by molar-refractivity contribution is 5.95. The third kappa shape index (κ3) is 3.83. The predicted octanol–water partition coefficient (Wildman–Crippen LogP) is -0.143. The van der Waals surface area contributed by atoms with E-state index < -0.39 is 0 Å². The summed E-state index contributed by atoms with van der Waals surface area (Å²) in [7, 11) is 3.50. The monoisotopic (exact) mass is 153 g/mol. The summed E-state index contributed by atoms with van der Waals surface area (Å²) in [4.78, 5) is 12.5. The minimum absolute atomic E-state index is 0.180. The van der Waals surface area contributed by atoms with Gasteiger partial charge in [0.2, 0.25) is 5.91 Å². The molecule has 0 bridgehead atoms. The third-order valence-corrected chi connectivity index (χ3v) is 1.50. The summed E-state index contributed by atoms with van der Waals surface area (Å²) in [6.45, 7) is 3.31. The van der Waals surface area contributed by atoms with E-state index in [-0.39, 0.29) is 5.91 Å². The molecule has 0 unspecified atom stereocenters. The Bertz CT molecular complexity index is 147. The first kappa shape index (κ1) is 10.2. The zero-order valence-corrected chi connectivity index (χ0v) is 6.66. The third-order valence-electron chi connectivity index (χ3n) is 1.50. The number of amides is 1. The fourth-order valence-electron chi connectivity index (χ4n) is 0.927.